The first-order chi connectivity index (χ1) is 8.60. The van der Waals surface area contributed by atoms with Crippen LogP contribution in [0.1, 0.15) is 22.9 Å². The Labute approximate surface area is 115 Å². The maximum Gasteiger partial charge on any atom is 0.0643 e. The van der Waals surface area contributed by atoms with Crippen molar-refractivity contribution in [1.29, 1.82) is 0 Å². The fourth-order valence-corrected chi connectivity index (χ4v) is 2.28. The third-order valence-corrected chi connectivity index (χ3v) is 3.84. The average molecular weight is 309 g/mol. The second kappa shape index (κ2) is 5.65. The molecule has 2 rings (SSSR count). The molecule has 2 aromatic rings. The van der Waals surface area contributed by atoms with Gasteiger partial charge in [0.2, 0.25) is 0 Å². The minimum absolute atomic E-state index is 0.0665. The van der Waals surface area contributed by atoms with Crippen LogP contribution in [0.3, 0.4) is 0 Å². The standard InChI is InChI=1S/C13H17BrN4/c1-9-3-4-10(7-12(9)14)13(16-15)8-11-5-6-18(2)17-11/h3-7,13,16H,8,15H2,1-2H3. The van der Waals surface area contributed by atoms with Crippen LogP contribution in [0.4, 0.5) is 0 Å². The number of benzene rings is 1. The van der Waals surface area contributed by atoms with Crippen molar-refractivity contribution in [3.05, 3.63) is 51.8 Å². The Morgan fingerprint density at radius 1 is 1.44 bits per heavy atom. The van der Waals surface area contributed by atoms with Crippen LogP contribution in [0, 0.1) is 6.92 Å². The summed E-state index contributed by atoms with van der Waals surface area (Å²) >= 11 is 3.54. The van der Waals surface area contributed by atoms with Crippen LogP contribution < -0.4 is 11.3 Å². The summed E-state index contributed by atoms with van der Waals surface area (Å²) in [6.45, 7) is 2.07. The number of halogens is 1. The van der Waals surface area contributed by atoms with E-state index >= 15 is 0 Å². The Kier molecular flexibility index (Phi) is 4.16. The zero-order valence-corrected chi connectivity index (χ0v) is 12.1. The summed E-state index contributed by atoms with van der Waals surface area (Å²) in [6.07, 6.45) is 2.71. The number of aryl methyl sites for hydroxylation is 2. The monoisotopic (exact) mass is 308 g/mol. The molecule has 0 spiro atoms. The van der Waals surface area contributed by atoms with E-state index in [1.54, 1.807) is 4.68 Å². The fraction of sp³-hybridized carbons (Fsp3) is 0.308. The number of hydrogen-bond donors (Lipinski definition) is 2. The van der Waals surface area contributed by atoms with Gasteiger partial charge >= 0.3 is 0 Å². The molecule has 0 fully saturated rings. The number of hydrazine groups is 1. The van der Waals surface area contributed by atoms with Crippen molar-refractivity contribution >= 4 is 15.9 Å². The van der Waals surface area contributed by atoms with E-state index in [0.29, 0.717) is 0 Å². The summed E-state index contributed by atoms with van der Waals surface area (Å²) < 4.78 is 2.90. The molecular formula is C13H17BrN4. The van der Waals surface area contributed by atoms with Gasteiger partial charge in [-0.2, -0.15) is 5.10 Å². The van der Waals surface area contributed by atoms with Gasteiger partial charge < -0.3 is 0 Å². The molecule has 0 saturated carbocycles. The zero-order chi connectivity index (χ0) is 13.1. The van der Waals surface area contributed by atoms with Gasteiger partial charge in [0.25, 0.3) is 0 Å². The summed E-state index contributed by atoms with van der Waals surface area (Å²) in [5.74, 6) is 5.65. The second-order valence-electron chi connectivity index (χ2n) is 4.41. The van der Waals surface area contributed by atoms with Crippen molar-refractivity contribution in [3.63, 3.8) is 0 Å². The van der Waals surface area contributed by atoms with Gasteiger partial charge in [-0.1, -0.05) is 28.1 Å². The van der Waals surface area contributed by atoms with E-state index in [1.165, 1.54) is 5.56 Å². The van der Waals surface area contributed by atoms with Crippen molar-refractivity contribution in [3.8, 4) is 0 Å². The first-order valence-electron chi connectivity index (χ1n) is 5.81. The van der Waals surface area contributed by atoms with Crippen LogP contribution in [0.5, 0.6) is 0 Å². The number of nitrogens with one attached hydrogen (secondary N) is 1. The molecule has 1 heterocycles. The van der Waals surface area contributed by atoms with E-state index in [9.17, 15) is 0 Å². The van der Waals surface area contributed by atoms with Gasteiger partial charge in [-0.05, 0) is 30.2 Å². The molecule has 3 N–H and O–H groups in total. The predicted molar refractivity (Wildman–Crippen MR) is 75.9 cm³/mol. The van der Waals surface area contributed by atoms with Gasteiger partial charge in [0.05, 0.1) is 11.7 Å². The number of nitrogens with zero attached hydrogens (tertiary/aromatic N) is 2. The molecule has 0 radical (unpaired) electrons. The lowest BCUT2D eigenvalue weighted by Gasteiger charge is -2.16. The molecule has 5 heteroatoms. The fourth-order valence-electron chi connectivity index (χ4n) is 1.88. The number of aromatic nitrogens is 2. The minimum Gasteiger partial charge on any atom is -0.276 e. The van der Waals surface area contributed by atoms with Crippen molar-refractivity contribution in [2.75, 3.05) is 0 Å². The van der Waals surface area contributed by atoms with Crippen LogP contribution in [-0.2, 0) is 13.5 Å². The molecule has 1 atom stereocenters. The molecule has 18 heavy (non-hydrogen) atoms. The van der Waals surface area contributed by atoms with E-state index < -0.39 is 0 Å². The van der Waals surface area contributed by atoms with Crippen LogP contribution in [0.15, 0.2) is 34.9 Å². The highest BCUT2D eigenvalue weighted by Crippen LogP contribution is 2.23. The highest BCUT2D eigenvalue weighted by atomic mass is 79.9. The lowest BCUT2D eigenvalue weighted by atomic mass is 10.0. The topological polar surface area (TPSA) is 55.9 Å². The third kappa shape index (κ3) is 2.98. The number of rotatable bonds is 4. The average Bonchev–Trinajstić information content (AvgIpc) is 2.75. The maximum atomic E-state index is 5.65. The largest absolute Gasteiger partial charge is 0.276 e. The van der Waals surface area contributed by atoms with Crippen LogP contribution in [0.2, 0.25) is 0 Å². The minimum atomic E-state index is 0.0665. The summed E-state index contributed by atoms with van der Waals surface area (Å²) in [5.41, 5.74) is 6.25. The summed E-state index contributed by atoms with van der Waals surface area (Å²) in [5, 5.41) is 4.37. The van der Waals surface area contributed by atoms with E-state index in [2.05, 4.69) is 51.6 Å². The molecule has 0 aliphatic carbocycles. The smallest absolute Gasteiger partial charge is 0.0643 e. The van der Waals surface area contributed by atoms with Gasteiger partial charge in [0.15, 0.2) is 0 Å². The molecule has 1 unspecified atom stereocenters. The van der Waals surface area contributed by atoms with Crippen LogP contribution in [0.25, 0.3) is 0 Å². The Hall–Kier alpha value is -1.17. The molecule has 96 valence electrons. The number of hydrogen-bond acceptors (Lipinski definition) is 3. The van der Waals surface area contributed by atoms with Gasteiger partial charge in [-0.3, -0.25) is 16.0 Å². The Bertz CT molecular complexity index is 536. The normalized spacial score (nSPS) is 12.7. The van der Waals surface area contributed by atoms with Crippen LogP contribution in [-0.4, -0.2) is 9.78 Å². The Balaban J connectivity index is 2.19. The van der Waals surface area contributed by atoms with Crippen molar-refractivity contribution in [2.24, 2.45) is 12.9 Å². The second-order valence-corrected chi connectivity index (χ2v) is 5.27. The van der Waals surface area contributed by atoms with E-state index in [-0.39, 0.29) is 6.04 Å². The third-order valence-electron chi connectivity index (χ3n) is 2.98. The van der Waals surface area contributed by atoms with Crippen molar-refractivity contribution in [1.82, 2.24) is 15.2 Å². The highest BCUT2D eigenvalue weighted by molar-refractivity contribution is 9.10. The molecule has 0 amide bonds. The number of nitrogens with two attached hydrogens (primary N) is 1. The molecule has 0 bridgehead atoms. The van der Waals surface area contributed by atoms with Crippen molar-refractivity contribution in [2.45, 2.75) is 19.4 Å². The zero-order valence-electron chi connectivity index (χ0n) is 10.5. The maximum absolute atomic E-state index is 5.65. The lowest BCUT2D eigenvalue weighted by Crippen LogP contribution is -2.29. The van der Waals surface area contributed by atoms with E-state index in [4.69, 9.17) is 5.84 Å². The Morgan fingerprint density at radius 2 is 2.22 bits per heavy atom. The van der Waals surface area contributed by atoms with Gasteiger partial charge in [-0.25, -0.2) is 0 Å². The van der Waals surface area contributed by atoms with Gasteiger partial charge in [-0.15, -0.1) is 0 Å². The SMILES string of the molecule is Cc1ccc(C(Cc2ccn(C)n2)NN)cc1Br. The molecule has 0 aliphatic rings. The molecule has 1 aromatic heterocycles. The Morgan fingerprint density at radius 3 is 2.78 bits per heavy atom. The van der Waals surface area contributed by atoms with Crippen LogP contribution >= 0.6 is 15.9 Å². The summed E-state index contributed by atoms with van der Waals surface area (Å²) in [6, 6.07) is 8.35. The summed E-state index contributed by atoms with van der Waals surface area (Å²) in [4.78, 5) is 0. The highest BCUT2D eigenvalue weighted by Gasteiger charge is 2.13. The molecular weight excluding hydrogens is 292 g/mol. The predicted octanol–water partition coefficient (Wildman–Crippen LogP) is 2.24. The van der Waals surface area contributed by atoms with E-state index in [1.807, 2.05) is 19.3 Å². The molecule has 0 aliphatic heterocycles. The molecule has 0 saturated heterocycles. The quantitative estimate of drug-likeness (QED) is 0.673. The van der Waals surface area contributed by atoms with Gasteiger partial charge in [0.1, 0.15) is 0 Å². The van der Waals surface area contributed by atoms with Crippen molar-refractivity contribution < 1.29 is 0 Å². The molecule has 1 aromatic carbocycles. The molecule has 4 nitrogen and oxygen atoms in total. The first-order valence-corrected chi connectivity index (χ1v) is 6.60. The van der Waals surface area contributed by atoms with E-state index in [0.717, 1.165) is 22.2 Å². The first kappa shape index (κ1) is 13.3. The lowest BCUT2D eigenvalue weighted by molar-refractivity contribution is 0.541. The van der Waals surface area contributed by atoms with Gasteiger partial charge in [0, 0.05) is 24.1 Å². The summed E-state index contributed by atoms with van der Waals surface area (Å²) in [7, 11) is 1.91.